The molecule has 1 aliphatic heterocycles. The molecule has 1 aromatic rings. The Morgan fingerprint density at radius 3 is 2.57 bits per heavy atom. The fourth-order valence-electron chi connectivity index (χ4n) is 3.81. The smallest absolute Gasteiger partial charge is 0.142 e. The minimum absolute atomic E-state index is 0.386. The number of anilines is 1. The number of rotatable bonds is 3. The average molecular weight is 305 g/mol. The van der Waals surface area contributed by atoms with Gasteiger partial charge in [-0.2, -0.15) is 12.6 Å². The Morgan fingerprint density at radius 2 is 1.81 bits per heavy atom. The van der Waals surface area contributed by atoms with Gasteiger partial charge in [-0.15, -0.1) is 0 Å². The van der Waals surface area contributed by atoms with E-state index in [9.17, 15) is 0 Å². The van der Waals surface area contributed by atoms with Crippen molar-refractivity contribution in [3.63, 3.8) is 0 Å². The quantitative estimate of drug-likeness (QED) is 0.650. The van der Waals surface area contributed by atoms with Crippen LogP contribution in [0.15, 0.2) is 24.3 Å². The van der Waals surface area contributed by atoms with E-state index >= 15 is 0 Å². The van der Waals surface area contributed by atoms with Crippen LogP contribution in [-0.4, -0.2) is 25.4 Å². The van der Waals surface area contributed by atoms with Gasteiger partial charge >= 0.3 is 0 Å². The molecule has 0 radical (unpaired) electrons. The number of hydrogen-bond donors (Lipinski definition) is 1. The van der Waals surface area contributed by atoms with Crippen LogP contribution in [-0.2, 0) is 0 Å². The predicted molar refractivity (Wildman–Crippen MR) is 92.8 cm³/mol. The fraction of sp³-hybridized carbons (Fsp3) is 0.667. The van der Waals surface area contributed by atoms with Crippen LogP contribution < -0.4 is 9.64 Å². The van der Waals surface area contributed by atoms with Crippen LogP contribution in [0.25, 0.3) is 0 Å². The molecule has 1 heterocycles. The van der Waals surface area contributed by atoms with Gasteiger partial charge in [-0.05, 0) is 42.6 Å². The Hall–Kier alpha value is -0.830. The molecule has 3 rings (SSSR count). The topological polar surface area (TPSA) is 12.5 Å². The molecule has 1 aliphatic carbocycles. The van der Waals surface area contributed by atoms with Gasteiger partial charge in [0.1, 0.15) is 5.75 Å². The maximum Gasteiger partial charge on any atom is 0.142 e. The Balaban J connectivity index is 1.82. The molecule has 0 aromatic heterocycles. The van der Waals surface area contributed by atoms with Crippen molar-refractivity contribution in [1.29, 1.82) is 0 Å². The molecule has 0 saturated heterocycles. The molecule has 2 aliphatic rings. The van der Waals surface area contributed by atoms with E-state index in [1.807, 2.05) is 0 Å². The van der Waals surface area contributed by atoms with Gasteiger partial charge in [0.2, 0.25) is 0 Å². The lowest BCUT2D eigenvalue weighted by molar-refractivity contribution is 0.288. The second-order valence-electron chi connectivity index (χ2n) is 6.66. The summed E-state index contributed by atoms with van der Waals surface area (Å²) in [5.41, 5.74) is 1.66. The number of nitrogens with zero attached hydrogens (tertiary/aromatic N) is 1. The summed E-state index contributed by atoms with van der Waals surface area (Å²) in [6, 6.07) is 8.51. The summed E-state index contributed by atoms with van der Waals surface area (Å²) >= 11 is 4.74. The first kappa shape index (κ1) is 15.1. The lowest BCUT2D eigenvalue weighted by atomic mass is 9.81. The molecule has 1 fully saturated rings. The summed E-state index contributed by atoms with van der Waals surface area (Å²) in [5.74, 6) is 2.06. The number of fused-ring (bicyclic) bond motifs is 1. The summed E-state index contributed by atoms with van der Waals surface area (Å²) in [5, 5.41) is 0. The predicted octanol–water partition coefficient (Wildman–Crippen LogP) is 4.55. The zero-order valence-electron chi connectivity index (χ0n) is 12.9. The van der Waals surface area contributed by atoms with E-state index in [4.69, 9.17) is 17.4 Å². The highest BCUT2D eigenvalue weighted by molar-refractivity contribution is 7.80. The van der Waals surface area contributed by atoms with Crippen LogP contribution in [0.2, 0.25) is 0 Å². The van der Waals surface area contributed by atoms with Crippen LogP contribution in [0.3, 0.4) is 0 Å². The normalized spacial score (nSPS) is 21.9. The van der Waals surface area contributed by atoms with Crippen molar-refractivity contribution in [3.05, 3.63) is 24.3 Å². The molecule has 0 amide bonds. The number of ether oxygens (including phenoxy) is 1. The van der Waals surface area contributed by atoms with E-state index in [1.165, 1.54) is 44.2 Å². The van der Waals surface area contributed by atoms with Gasteiger partial charge < -0.3 is 9.64 Å². The Bertz CT molecular complexity index is 454. The van der Waals surface area contributed by atoms with Gasteiger partial charge in [-0.3, -0.25) is 0 Å². The molecule has 1 aromatic carbocycles. The Kier molecular flexibility index (Phi) is 4.99. The monoisotopic (exact) mass is 305 g/mol. The minimum atomic E-state index is 0.386. The summed E-state index contributed by atoms with van der Waals surface area (Å²) in [6.45, 7) is 3.07. The molecule has 0 atom stereocenters. The van der Waals surface area contributed by atoms with Crippen molar-refractivity contribution >= 4 is 18.3 Å². The Labute approximate surface area is 134 Å². The molecule has 1 saturated carbocycles. The second-order valence-corrected chi connectivity index (χ2v) is 6.98. The summed E-state index contributed by atoms with van der Waals surface area (Å²) in [6.07, 6.45) is 9.30. The average Bonchev–Trinajstić information content (AvgIpc) is 2.87. The lowest BCUT2D eigenvalue weighted by Gasteiger charge is -2.38. The first-order valence-corrected chi connectivity index (χ1v) is 9.04. The van der Waals surface area contributed by atoms with Gasteiger partial charge in [0, 0.05) is 13.1 Å². The van der Waals surface area contributed by atoms with Crippen LogP contribution in [0.5, 0.6) is 5.75 Å². The highest BCUT2D eigenvalue weighted by atomic mass is 32.1. The van der Waals surface area contributed by atoms with E-state index < -0.39 is 0 Å². The van der Waals surface area contributed by atoms with Crippen molar-refractivity contribution < 1.29 is 4.74 Å². The number of thiol groups is 1. The summed E-state index contributed by atoms with van der Waals surface area (Å²) in [4.78, 5) is 2.56. The number of para-hydroxylation sites is 2. The van der Waals surface area contributed by atoms with Crippen LogP contribution in [0, 0.1) is 5.41 Å². The zero-order valence-corrected chi connectivity index (χ0v) is 13.8. The minimum Gasteiger partial charge on any atom is -0.491 e. The molecule has 116 valence electrons. The summed E-state index contributed by atoms with van der Waals surface area (Å²) < 4.78 is 5.90. The van der Waals surface area contributed by atoms with Crippen molar-refractivity contribution in [1.82, 2.24) is 0 Å². The van der Waals surface area contributed by atoms with Crippen LogP contribution >= 0.6 is 12.6 Å². The third-order valence-corrected chi connectivity index (χ3v) is 5.73. The molecular weight excluding hydrogens is 278 g/mol. The SMILES string of the molecule is SCC1(CN2CCCOc3ccccc32)CCCCCC1. The second kappa shape index (κ2) is 6.95. The number of hydrogen-bond acceptors (Lipinski definition) is 3. The van der Waals surface area contributed by atoms with E-state index in [1.54, 1.807) is 0 Å². The molecule has 3 heteroatoms. The van der Waals surface area contributed by atoms with Crippen molar-refractivity contribution in [2.75, 3.05) is 30.3 Å². The molecule has 0 unspecified atom stereocenters. The van der Waals surface area contributed by atoms with Crippen LogP contribution in [0.4, 0.5) is 5.69 Å². The van der Waals surface area contributed by atoms with E-state index in [0.717, 1.165) is 37.6 Å². The van der Waals surface area contributed by atoms with Gasteiger partial charge in [-0.1, -0.05) is 37.8 Å². The van der Waals surface area contributed by atoms with E-state index in [2.05, 4.69) is 29.2 Å². The zero-order chi connectivity index (χ0) is 14.5. The Morgan fingerprint density at radius 1 is 1.05 bits per heavy atom. The maximum atomic E-state index is 5.90. The standard InChI is InChI=1S/C18H27NOS/c21-15-18(10-5-1-2-6-11-18)14-19-12-7-13-20-17-9-4-3-8-16(17)19/h3-4,8-9,21H,1-2,5-7,10-15H2. The number of benzene rings is 1. The highest BCUT2D eigenvalue weighted by Gasteiger charge is 2.32. The first-order chi connectivity index (χ1) is 10.3. The van der Waals surface area contributed by atoms with Gasteiger partial charge in [0.05, 0.1) is 12.3 Å². The molecule has 0 N–H and O–H groups in total. The van der Waals surface area contributed by atoms with Gasteiger partial charge in [0.15, 0.2) is 0 Å². The highest BCUT2D eigenvalue weighted by Crippen LogP contribution is 2.40. The first-order valence-electron chi connectivity index (χ1n) is 8.41. The maximum absolute atomic E-state index is 5.90. The molecule has 0 bridgehead atoms. The third-order valence-electron chi connectivity index (χ3n) is 5.06. The molecule has 0 spiro atoms. The largest absolute Gasteiger partial charge is 0.491 e. The molecular formula is C18H27NOS. The van der Waals surface area contributed by atoms with Gasteiger partial charge in [-0.25, -0.2) is 0 Å². The van der Waals surface area contributed by atoms with E-state index in [-0.39, 0.29) is 0 Å². The van der Waals surface area contributed by atoms with Crippen molar-refractivity contribution in [2.45, 2.75) is 44.9 Å². The molecule has 21 heavy (non-hydrogen) atoms. The lowest BCUT2D eigenvalue weighted by Crippen LogP contribution is -2.39. The van der Waals surface area contributed by atoms with Crippen molar-refractivity contribution in [2.24, 2.45) is 5.41 Å². The van der Waals surface area contributed by atoms with Crippen LogP contribution in [0.1, 0.15) is 44.9 Å². The van der Waals surface area contributed by atoms with Gasteiger partial charge in [0.25, 0.3) is 0 Å². The van der Waals surface area contributed by atoms with E-state index in [0.29, 0.717) is 5.41 Å². The van der Waals surface area contributed by atoms with Crippen molar-refractivity contribution in [3.8, 4) is 5.75 Å². The third kappa shape index (κ3) is 3.50. The molecule has 2 nitrogen and oxygen atoms in total. The fourth-order valence-corrected chi connectivity index (χ4v) is 4.23. The summed E-state index contributed by atoms with van der Waals surface area (Å²) in [7, 11) is 0.